The van der Waals surface area contributed by atoms with Gasteiger partial charge in [-0.1, -0.05) is 12.8 Å². The summed E-state index contributed by atoms with van der Waals surface area (Å²) in [6, 6.07) is 7.57. The molecule has 36 heavy (non-hydrogen) atoms. The van der Waals surface area contributed by atoms with Crippen molar-refractivity contribution in [3.63, 3.8) is 0 Å². The molecule has 4 nitrogen and oxygen atoms in total. The number of unbranched alkanes of at least 4 members (excludes halogenated alkanes) is 6. The van der Waals surface area contributed by atoms with Crippen molar-refractivity contribution in [2.45, 2.75) is 108 Å². The summed E-state index contributed by atoms with van der Waals surface area (Å²) in [7, 11) is 0.893. The van der Waals surface area contributed by atoms with Crippen LogP contribution in [-0.2, 0) is 13.7 Å². The Bertz CT molecular complexity index is 1060. The third-order valence-corrected chi connectivity index (χ3v) is 10.9. The van der Waals surface area contributed by atoms with Gasteiger partial charge in [0.15, 0.2) is 0 Å². The smallest absolute Gasteiger partial charge is 0.422 e. The molecule has 0 amide bonds. The minimum absolute atomic E-state index is 0.266. The van der Waals surface area contributed by atoms with Gasteiger partial charge in [0.05, 0.1) is 11.5 Å². The quantitative estimate of drug-likeness (QED) is 0.0769. The van der Waals surface area contributed by atoms with Gasteiger partial charge in [0.1, 0.15) is 11.3 Å². The molecule has 0 aliphatic heterocycles. The second kappa shape index (κ2) is 15.6. The van der Waals surface area contributed by atoms with E-state index in [0.717, 1.165) is 42.6 Å². The van der Waals surface area contributed by atoms with Gasteiger partial charge in [-0.25, -0.2) is 4.79 Å². The van der Waals surface area contributed by atoms with E-state index >= 15 is 0 Å². The van der Waals surface area contributed by atoms with E-state index in [9.17, 15) is 8.84 Å². The van der Waals surface area contributed by atoms with Gasteiger partial charge in [-0.15, -0.1) is 11.8 Å². The minimum atomic E-state index is -0.732. The Morgan fingerprint density at radius 3 is 2.44 bits per heavy atom. The molecule has 0 N–H and O–H groups in total. The van der Waals surface area contributed by atoms with E-state index in [1.807, 2.05) is 17.8 Å². The number of benzene rings is 1. The fourth-order valence-corrected chi connectivity index (χ4v) is 8.58. The summed E-state index contributed by atoms with van der Waals surface area (Å²) in [5.41, 5.74) is 0.511. The van der Waals surface area contributed by atoms with Gasteiger partial charge in [0.25, 0.3) is 0 Å². The zero-order chi connectivity index (χ0) is 25.8. The van der Waals surface area contributed by atoms with Crippen LogP contribution in [0.5, 0.6) is 5.75 Å². The Labute approximate surface area is 227 Å². The average Bonchev–Trinajstić information content (AvgIpc) is 3.34. The topological polar surface area (TPSA) is 59.3 Å². The van der Waals surface area contributed by atoms with Crippen molar-refractivity contribution in [3.8, 4) is 5.75 Å². The standard InChI is InChI=1S/C29H44O4S3/c1-29(2,3)17-20-36(31)34-19-12-8-6-4-5-7-11-18-32-27-22-28(30)33-26-16-15-24(21-25(26)27)35-23-13-9-10-14-23/h15-16,21-23H,4-14,17-20H2,1-3H3. The first-order chi connectivity index (χ1) is 17.3. The molecule has 7 heteroatoms. The van der Waals surface area contributed by atoms with E-state index in [4.69, 9.17) is 9.15 Å². The molecule has 0 spiro atoms. The number of fused-ring (bicyclic) bond motifs is 1. The molecule has 2 aromatic rings. The van der Waals surface area contributed by atoms with E-state index in [1.54, 1.807) is 10.8 Å². The molecule has 0 atom stereocenters. The van der Waals surface area contributed by atoms with Crippen LogP contribution in [0.15, 0.2) is 38.4 Å². The zero-order valence-corrected chi connectivity index (χ0v) is 24.8. The first-order valence-corrected chi connectivity index (χ1v) is 17.4. The van der Waals surface area contributed by atoms with Gasteiger partial charge in [-0.3, -0.25) is 0 Å². The Kier molecular flexibility index (Phi) is 12.9. The summed E-state index contributed by atoms with van der Waals surface area (Å²) in [4.78, 5) is 13.2. The summed E-state index contributed by atoms with van der Waals surface area (Å²) in [6.07, 6.45) is 14.4. The van der Waals surface area contributed by atoms with Crippen molar-refractivity contribution in [1.29, 1.82) is 0 Å². The maximum atomic E-state index is 12.0. The maximum absolute atomic E-state index is 12.0. The summed E-state index contributed by atoms with van der Waals surface area (Å²) in [5.74, 6) is 2.46. The molecule has 0 saturated heterocycles. The van der Waals surface area contributed by atoms with Crippen LogP contribution in [0.4, 0.5) is 0 Å². The van der Waals surface area contributed by atoms with E-state index in [0.29, 0.717) is 23.2 Å². The molecular formula is C29H44O4S3. The van der Waals surface area contributed by atoms with Crippen molar-refractivity contribution in [2.75, 3.05) is 18.1 Å². The van der Waals surface area contributed by atoms with Crippen LogP contribution in [-0.4, -0.2) is 23.4 Å². The average molecular weight is 553 g/mol. The van der Waals surface area contributed by atoms with Gasteiger partial charge in [-0.05, 0) is 31.0 Å². The van der Waals surface area contributed by atoms with E-state index in [-0.39, 0.29) is 11.0 Å². The third-order valence-electron chi connectivity index (χ3n) is 6.56. The van der Waals surface area contributed by atoms with Crippen LogP contribution in [0, 0.1) is 5.41 Å². The Balaban J connectivity index is 1.29. The molecule has 1 heterocycles. The normalized spacial score (nSPS) is 14.8. The third kappa shape index (κ3) is 11.3. The van der Waals surface area contributed by atoms with Gasteiger partial charge in [0, 0.05) is 10.1 Å². The molecule has 0 unspecified atom stereocenters. The zero-order valence-electron chi connectivity index (χ0n) is 22.4. The van der Waals surface area contributed by atoms with E-state index in [1.165, 1.54) is 62.3 Å². The Morgan fingerprint density at radius 2 is 1.72 bits per heavy atom. The van der Waals surface area contributed by atoms with Gasteiger partial charge in [-0.2, -0.15) is 0 Å². The van der Waals surface area contributed by atoms with Gasteiger partial charge in [0.2, 0.25) is 0 Å². The summed E-state index contributed by atoms with van der Waals surface area (Å²) >= 11 is 1.94. The van der Waals surface area contributed by atoms with Crippen LogP contribution in [0.2, 0.25) is 0 Å². The van der Waals surface area contributed by atoms with Crippen LogP contribution in [0.25, 0.3) is 11.0 Å². The molecule has 1 aromatic carbocycles. The summed E-state index contributed by atoms with van der Waals surface area (Å²) < 4.78 is 23.5. The predicted molar refractivity (Wildman–Crippen MR) is 158 cm³/mol. The first kappa shape index (κ1) is 29.8. The molecule has 1 aliphatic rings. The molecule has 0 radical (unpaired) electrons. The van der Waals surface area contributed by atoms with Gasteiger partial charge >= 0.3 is 131 Å². The first-order valence-electron chi connectivity index (χ1n) is 13.7. The number of ether oxygens (including phenoxy) is 1. The van der Waals surface area contributed by atoms with Crippen molar-refractivity contribution >= 4 is 43.2 Å². The number of rotatable bonds is 14. The number of thioether (sulfide) groups is 1. The summed E-state index contributed by atoms with van der Waals surface area (Å²) in [5, 5.41) is 1.60. The van der Waals surface area contributed by atoms with Crippen molar-refractivity contribution in [3.05, 3.63) is 34.7 Å². The van der Waals surface area contributed by atoms with Gasteiger partial charge < -0.3 is 4.42 Å². The van der Waals surface area contributed by atoms with Crippen molar-refractivity contribution in [1.82, 2.24) is 0 Å². The molecule has 1 saturated carbocycles. The number of hydrogen-bond donors (Lipinski definition) is 0. The van der Waals surface area contributed by atoms with Crippen LogP contribution in [0.1, 0.15) is 97.8 Å². The summed E-state index contributed by atoms with van der Waals surface area (Å²) in [6.45, 7) is 7.23. The van der Waals surface area contributed by atoms with Crippen LogP contribution >= 0.6 is 22.6 Å². The van der Waals surface area contributed by atoms with E-state index in [2.05, 4.69) is 32.9 Å². The SMILES string of the molecule is CC(C)(C)CC[S-](#[O+])SCCCCCCCCCOc1cc(=O)oc2ccc(SC3CCCC3)cc12. The molecule has 202 valence electrons. The van der Waals surface area contributed by atoms with Crippen molar-refractivity contribution < 1.29 is 13.2 Å². The Morgan fingerprint density at radius 1 is 1.03 bits per heavy atom. The monoisotopic (exact) mass is 552 g/mol. The Hall–Kier alpha value is -0.760. The molecule has 3 rings (SSSR count). The fraction of sp³-hybridized carbons (Fsp3) is 0.690. The molecular weight excluding hydrogens is 509 g/mol. The number of hydrogen-bond acceptors (Lipinski definition) is 6. The second-order valence-corrected chi connectivity index (χ2v) is 15.9. The molecule has 1 aliphatic carbocycles. The van der Waals surface area contributed by atoms with Crippen molar-refractivity contribution in [2.24, 2.45) is 5.41 Å². The van der Waals surface area contributed by atoms with Crippen LogP contribution in [0.3, 0.4) is 0 Å². The van der Waals surface area contributed by atoms with Crippen LogP contribution < -0.4 is 10.4 Å². The predicted octanol–water partition coefficient (Wildman–Crippen LogP) is 8.99. The molecule has 1 fully saturated rings. The fourth-order valence-electron chi connectivity index (χ4n) is 4.38. The minimum Gasteiger partial charge on any atom is -0.422 e. The van der Waals surface area contributed by atoms with E-state index < -0.39 is 9.67 Å². The second-order valence-electron chi connectivity index (χ2n) is 11.1. The molecule has 1 aromatic heterocycles. The molecule has 0 bridgehead atoms.